The molecule has 5 nitrogen and oxygen atoms in total. The van der Waals surface area contributed by atoms with E-state index in [1.165, 1.54) is 4.90 Å². The number of nitrogens with zero attached hydrogens (tertiary/aromatic N) is 2. The fourth-order valence-corrected chi connectivity index (χ4v) is 2.06. The van der Waals surface area contributed by atoms with Gasteiger partial charge in [0.05, 0.1) is 12.2 Å². The predicted octanol–water partition coefficient (Wildman–Crippen LogP) is 2.65. The standard InChI is InChI=1S/C14H19BrN2O3/c1-5-20-12(18)9-17(14(2,3)4)13(19)10-6-7-16-8-11(10)15/h6-8H,5,9H2,1-4H3. The molecule has 1 aromatic heterocycles. The minimum Gasteiger partial charge on any atom is -0.465 e. The van der Waals surface area contributed by atoms with Gasteiger partial charge in [-0.2, -0.15) is 0 Å². The number of pyridine rings is 1. The highest BCUT2D eigenvalue weighted by molar-refractivity contribution is 9.10. The largest absolute Gasteiger partial charge is 0.465 e. The van der Waals surface area contributed by atoms with Crippen molar-refractivity contribution in [1.82, 2.24) is 9.88 Å². The van der Waals surface area contributed by atoms with Gasteiger partial charge in [0.2, 0.25) is 0 Å². The maximum absolute atomic E-state index is 12.6. The van der Waals surface area contributed by atoms with Crippen LogP contribution in [0.25, 0.3) is 0 Å². The third kappa shape index (κ3) is 4.30. The molecule has 1 amide bonds. The Balaban J connectivity index is 3.03. The van der Waals surface area contributed by atoms with Crippen LogP contribution in [0.2, 0.25) is 0 Å². The van der Waals surface area contributed by atoms with Gasteiger partial charge in [-0.25, -0.2) is 0 Å². The van der Waals surface area contributed by atoms with Crippen LogP contribution in [-0.4, -0.2) is 40.5 Å². The summed E-state index contributed by atoms with van der Waals surface area (Å²) >= 11 is 3.30. The molecule has 0 unspecified atom stereocenters. The van der Waals surface area contributed by atoms with Gasteiger partial charge in [-0.3, -0.25) is 14.6 Å². The first-order valence-corrected chi connectivity index (χ1v) is 7.13. The Labute approximate surface area is 127 Å². The molecule has 1 heterocycles. The second-order valence-corrected chi connectivity index (χ2v) is 6.08. The Hall–Kier alpha value is -1.43. The van der Waals surface area contributed by atoms with Crippen LogP contribution in [0.4, 0.5) is 0 Å². The molecule has 0 atom stereocenters. The van der Waals surface area contributed by atoms with E-state index in [0.29, 0.717) is 16.6 Å². The van der Waals surface area contributed by atoms with E-state index in [1.54, 1.807) is 25.4 Å². The van der Waals surface area contributed by atoms with Crippen LogP contribution >= 0.6 is 15.9 Å². The predicted molar refractivity (Wildman–Crippen MR) is 79.4 cm³/mol. The molecule has 0 N–H and O–H groups in total. The number of halogens is 1. The maximum Gasteiger partial charge on any atom is 0.325 e. The number of hydrogen-bond acceptors (Lipinski definition) is 4. The van der Waals surface area contributed by atoms with Crippen molar-refractivity contribution in [2.75, 3.05) is 13.2 Å². The second-order valence-electron chi connectivity index (χ2n) is 5.22. The quantitative estimate of drug-likeness (QED) is 0.789. The SMILES string of the molecule is CCOC(=O)CN(C(=O)c1ccncc1Br)C(C)(C)C. The number of amides is 1. The minimum absolute atomic E-state index is 0.0784. The highest BCUT2D eigenvalue weighted by Gasteiger charge is 2.30. The molecule has 0 saturated carbocycles. The minimum atomic E-state index is -0.493. The highest BCUT2D eigenvalue weighted by atomic mass is 79.9. The van der Waals surface area contributed by atoms with Crippen molar-refractivity contribution in [3.8, 4) is 0 Å². The molecule has 0 aliphatic heterocycles. The van der Waals surface area contributed by atoms with Gasteiger partial charge < -0.3 is 9.64 Å². The van der Waals surface area contributed by atoms with E-state index in [-0.39, 0.29) is 12.5 Å². The molecule has 6 heteroatoms. The first kappa shape index (κ1) is 16.6. The first-order chi connectivity index (χ1) is 9.27. The van der Waals surface area contributed by atoms with Crippen molar-refractivity contribution in [3.05, 3.63) is 28.5 Å². The Morgan fingerprint density at radius 1 is 1.40 bits per heavy atom. The topological polar surface area (TPSA) is 59.5 Å². The molecule has 0 aromatic carbocycles. The fourth-order valence-electron chi connectivity index (χ4n) is 1.64. The van der Waals surface area contributed by atoms with Gasteiger partial charge in [-0.1, -0.05) is 0 Å². The number of carbonyl (C=O) groups excluding carboxylic acids is 2. The van der Waals surface area contributed by atoms with Gasteiger partial charge in [0.25, 0.3) is 5.91 Å². The van der Waals surface area contributed by atoms with Crippen LogP contribution in [0, 0.1) is 0 Å². The molecule has 0 radical (unpaired) electrons. The van der Waals surface area contributed by atoms with Gasteiger partial charge in [0.1, 0.15) is 6.54 Å². The molecule has 1 aromatic rings. The number of carbonyl (C=O) groups is 2. The zero-order valence-electron chi connectivity index (χ0n) is 12.1. The van der Waals surface area contributed by atoms with Crippen LogP contribution in [0.1, 0.15) is 38.1 Å². The zero-order valence-corrected chi connectivity index (χ0v) is 13.7. The van der Waals surface area contributed by atoms with Crippen molar-refractivity contribution in [1.29, 1.82) is 0 Å². The normalized spacial score (nSPS) is 11.1. The molecule has 0 bridgehead atoms. The summed E-state index contributed by atoms with van der Waals surface area (Å²) < 4.78 is 5.53. The second kappa shape index (κ2) is 6.83. The average molecular weight is 343 g/mol. The zero-order chi connectivity index (χ0) is 15.3. The van der Waals surface area contributed by atoms with E-state index in [9.17, 15) is 9.59 Å². The monoisotopic (exact) mass is 342 g/mol. The summed E-state index contributed by atoms with van der Waals surface area (Å²) in [5.41, 5.74) is -0.0220. The number of hydrogen-bond donors (Lipinski definition) is 0. The number of ether oxygens (including phenoxy) is 1. The third-order valence-corrected chi connectivity index (χ3v) is 3.28. The Morgan fingerprint density at radius 3 is 2.55 bits per heavy atom. The van der Waals surface area contributed by atoms with Gasteiger partial charge in [-0.05, 0) is 49.7 Å². The molecular formula is C14H19BrN2O3. The number of rotatable bonds is 4. The van der Waals surface area contributed by atoms with E-state index >= 15 is 0 Å². The lowest BCUT2D eigenvalue weighted by atomic mass is 10.0. The van der Waals surface area contributed by atoms with Crippen LogP contribution in [0.15, 0.2) is 22.9 Å². The summed E-state index contributed by atoms with van der Waals surface area (Å²) in [6.45, 7) is 7.58. The van der Waals surface area contributed by atoms with Crippen LogP contribution in [-0.2, 0) is 9.53 Å². The van der Waals surface area contributed by atoms with E-state index in [4.69, 9.17) is 4.74 Å². The summed E-state index contributed by atoms with van der Waals surface area (Å²) in [5.74, 6) is -0.652. The van der Waals surface area contributed by atoms with E-state index in [0.717, 1.165) is 0 Å². The maximum atomic E-state index is 12.6. The Morgan fingerprint density at radius 2 is 2.05 bits per heavy atom. The average Bonchev–Trinajstić information content (AvgIpc) is 2.35. The summed E-state index contributed by atoms with van der Waals surface area (Å²) in [4.78, 5) is 29.7. The van der Waals surface area contributed by atoms with E-state index in [2.05, 4.69) is 20.9 Å². The van der Waals surface area contributed by atoms with E-state index in [1.807, 2.05) is 20.8 Å². The van der Waals surface area contributed by atoms with Crippen molar-refractivity contribution in [2.45, 2.75) is 33.2 Å². The molecular weight excluding hydrogens is 324 g/mol. The smallest absolute Gasteiger partial charge is 0.325 e. The van der Waals surface area contributed by atoms with Gasteiger partial charge >= 0.3 is 5.97 Å². The van der Waals surface area contributed by atoms with Crippen molar-refractivity contribution >= 4 is 27.8 Å². The van der Waals surface area contributed by atoms with Gasteiger partial charge in [-0.15, -0.1) is 0 Å². The molecule has 0 saturated heterocycles. The summed E-state index contributed by atoms with van der Waals surface area (Å²) in [6, 6.07) is 1.62. The molecule has 1 rings (SSSR count). The molecule has 0 aliphatic carbocycles. The van der Waals surface area contributed by atoms with Gasteiger partial charge in [0.15, 0.2) is 0 Å². The number of esters is 1. The van der Waals surface area contributed by atoms with Crippen molar-refractivity contribution in [2.24, 2.45) is 0 Å². The van der Waals surface area contributed by atoms with Crippen molar-refractivity contribution in [3.63, 3.8) is 0 Å². The molecule has 0 aliphatic rings. The summed E-state index contributed by atoms with van der Waals surface area (Å²) in [6.07, 6.45) is 3.10. The van der Waals surface area contributed by atoms with Crippen molar-refractivity contribution < 1.29 is 14.3 Å². The number of aromatic nitrogens is 1. The van der Waals surface area contributed by atoms with Crippen LogP contribution < -0.4 is 0 Å². The van der Waals surface area contributed by atoms with E-state index < -0.39 is 11.5 Å². The molecule has 0 fully saturated rings. The third-order valence-electron chi connectivity index (χ3n) is 2.65. The van der Waals surface area contributed by atoms with Crippen LogP contribution in [0.5, 0.6) is 0 Å². The molecule has 20 heavy (non-hydrogen) atoms. The summed E-state index contributed by atoms with van der Waals surface area (Å²) in [5, 5.41) is 0. The lowest BCUT2D eigenvalue weighted by Crippen LogP contribution is -2.48. The lowest BCUT2D eigenvalue weighted by Gasteiger charge is -2.35. The Kier molecular flexibility index (Phi) is 5.68. The first-order valence-electron chi connectivity index (χ1n) is 6.34. The highest BCUT2D eigenvalue weighted by Crippen LogP contribution is 2.22. The molecule has 0 spiro atoms. The fraction of sp³-hybridized carbons (Fsp3) is 0.500. The van der Waals surface area contributed by atoms with Crippen LogP contribution in [0.3, 0.4) is 0 Å². The lowest BCUT2D eigenvalue weighted by molar-refractivity contribution is -0.144. The molecule has 110 valence electrons. The summed E-state index contributed by atoms with van der Waals surface area (Å²) in [7, 11) is 0. The Bertz CT molecular complexity index is 497. The van der Waals surface area contributed by atoms with Gasteiger partial charge in [0, 0.05) is 22.4 Å².